The molecule has 0 bridgehead atoms. The molecule has 0 aliphatic heterocycles. The molecule has 0 saturated carbocycles. The lowest BCUT2D eigenvalue weighted by Crippen LogP contribution is -2.15. The van der Waals surface area contributed by atoms with Crippen LogP contribution in [0.5, 0.6) is 5.75 Å². The summed E-state index contributed by atoms with van der Waals surface area (Å²) in [7, 11) is 0. The van der Waals surface area contributed by atoms with Crippen molar-refractivity contribution in [3.63, 3.8) is 0 Å². The first-order valence-corrected chi connectivity index (χ1v) is 12.1. The average Bonchev–Trinajstić information content (AvgIpc) is 3.24. The predicted molar refractivity (Wildman–Crippen MR) is 135 cm³/mol. The number of benzene rings is 2. The van der Waals surface area contributed by atoms with Crippen molar-refractivity contribution in [3.8, 4) is 5.75 Å². The lowest BCUT2D eigenvalue weighted by atomic mass is 9.84. The molecular formula is C29H30N2O3. The van der Waals surface area contributed by atoms with Crippen molar-refractivity contribution in [3.05, 3.63) is 83.7 Å². The van der Waals surface area contributed by atoms with Crippen LogP contribution in [0, 0.1) is 0 Å². The summed E-state index contributed by atoms with van der Waals surface area (Å²) in [6, 6.07) is 16.3. The molecule has 1 unspecified atom stereocenters. The molecule has 1 aliphatic rings. The van der Waals surface area contributed by atoms with Crippen LogP contribution in [-0.4, -0.2) is 22.5 Å². The number of hydrogen-bond acceptors (Lipinski definition) is 4. The van der Waals surface area contributed by atoms with E-state index in [-0.39, 0.29) is 11.9 Å². The van der Waals surface area contributed by atoms with E-state index < -0.39 is 0 Å². The molecule has 0 fully saturated rings. The van der Waals surface area contributed by atoms with E-state index >= 15 is 0 Å². The molecule has 5 nitrogen and oxygen atoms in total. The first-order chi connectivity index (χ1) is 16.7. The smallest absolute Gasteiger partial charge is 0.306 e. The number of hydrogen-bond donors (Lipinski definition) is 1. The van der Waals surface area contributed by atoms with Gasteiger partial charge in [-0.2, -0.15) is 0 Å². The fourth-order valence-corrected chi connectivity index (χ4v) is 5.16. The van der Waals surface area contributed by atoms with Gasteiger partial charge in [-0.3, -0.25) is 4.79 Å². The summed E-state index contributed by atoms with van der Waals surface area (Å²) in [6.07, 6.45) is 6.10. The van der Waals surface area contributed by atoms with Crippen LogP contribution in [0.2, 0.25) is 0 Å². The maximum absolute atomic E-state index is 12.2. The summed E-state index contributed by atoms with van der Waals surface area (Å²) in [4.78, 5) is 20.6. The number of aromatic nitrogens is 2. The number of aromatic amines is 1. The first-order valence-electron chi connectivity index (χ1n) is 12.1. The Bertz CT molecular complexity index is 1350. The molecule has 5 heteroatoms. The van der Waals surface area contributed by atoms with Crippen molar-refractivity contribution < 1.29 is 14.3 Å². The van der Waals surface area contributed by atoms with Crippen molar-refractivity contribution in [1.29, 1.82) is 0 Å². The number of ether oxygens (including phenoxy) is 2. The van der Waals surface area contributed by atoms with Gasteiger partial charge in [0, 0.05) is 33.5 Å². The van der Waals surface area contributed by atoms with E-state index in [1.807, 2.05) is 43.3 Å². The summed E-state index contributed by atoms with van der Waals surface area (Å²) in [6.45, 7) is 6.66. The molecular weight excluding hydrogens is 424 g/mol. The number of pyridine rings is 1. The first kappa shape index (κ1) is 22.2. The van der Waals surface area contributed by atoms with Gasteiger partial charge in [0.1, 0.15) is 12.4 Å². The van der Waals surface area contributed by atoms with E-state index in [4.69, 9.17) is 14.5 Å². The van der Waals surface area contributed by atoms with Crippen molar-refractivity contribution in [2.75, 3.05) is 6.61 Å². The van der Waals surface area contributed by atoms with Crippen LogP contribution < -0.4 is 4.74 Å². The average molecular weight is 455 g/mol. The Morgan fingerprint density at radius 2 is 2.09 bits per heavy atom. The number of H-pyrrole nitrogens is 1. The van der Waals surface area contributed by atoms with Gasteiger partial charge in [0.05, 0.1) is 24.2 Å². The number of para-hydroxylation sites is 1. The minimum absolute atomic E-state index is 0.128. The van der Waals surface area contributed by atoms with Crippen molar-refractivity contribution >= 4 is 27.8 Å². The van der Waals surface area contributed by atoms with Crippen LogP contribution in [0.3, 0.4) is 0 Å². The highest BCUT2D eigenvalue weighted by atomic mass is 16.5. The summed E-state index contributed by atoms with van der Waals surface area (Å²) in [5.74, 6) is 0.895. The molecule has 174 valence electrons. The van der Waals surface area contributed by atoms with Crippen LogP contribution >= 0.6 is 0 Å². The lowest BCUT2D eigenvalue weighted by molar-refractivity contribution is -0.143. The van der Waals surface area contributed by atoms with Gasteiger partial charge in [-0.25, -0.2) is 4.98 Å². The highest BCUT2D eigenvalue weighted by Crippen LogP contribution is 2.41. The topological polar surface area (TPSA) is 64.2 Å². The number of rotatable bonds is 8. The Labute approximate surface area is 199 Å². The third-order valence-electron chi connectivity index (χ3n) is 6.65. The maximum atomic E-state index is 12.2. The molecule has 0 saturated heterocycles. The Balaban J connectivity index is 1.47. The number of nitrogens with one attached hydrogen (secondary N) is 1. The monoisotopic (exact) mass is 454 g/mol. The summed E-state index contributed by atoms with van der Waals surface area (Å²) in [5, 5.41) is 2.34. The molecule has 2 aromatic carbocycles. The molecule has 5 rings (SSSR count). The van der Waals surface area contributed by atoms with Gasteiger partial charge in [0.15, 0.2) is 0 Å². The van der Waals surface area contributed by atoms with Crippen molar-refractivity contribution in [2.24, 2.45) is 0 Å². The molecule has 0 radical (unpaired) electrons. The van der Waals surface area contributed by atoms with E-state index in [0.717, 1.165) is 52.7 Å². The molecule has 0 spiro atoms. The minimum atomic E-state index is -0.128. The van der Waals surface area contributed by atoms with E-state index in [1.54, 1.807) is 0 Å². The predicted octanol–water partition coefficient (Wildman–Crippen LogP) is 6.40. The second-order valence-corrected chi connectivity index (χ2v) is 8.86. The largest absolute Gasteiger partial charge is 0.487 e. The number of fused-ring (bicyclic) bond motifs is 4. The lowest BCUT2D eigenvalue weighted by Gasteiger charge is -2.22. The molecule has 0 amide bonds. The summed E-state index contributed by atoms with van der Waals surface area (Å²) >= 11 is 0. The highest BCUT2D eigenvalue weighted by molar-refractivity contribution is 5.91. The van der Waals surface area contributed by atoms with Gasteiger partial charge < -0.3 is 14.5 Å². The number of aryl methyl sites for hydroxylation is 1. The minimum Gasteiger partial charge on any atom is -0.487 e. The number of carbonyl (C=O) groups excluding carboxylic acids is 1. The Hall–Kier alpha value is -3.60. The fraction of sp³-hybridized carbons (Fsp3) is 0.310. The number of esters is 1. The van der Waals surface area contributed by atoms with Crippen LogP contribution in [-0.2, 0) is 29.0 Å². The Kier molecular flexibility index (Phi) is 6.35. The highest BCUT2D eigenvalue weighted by Gasteiger charge is 2.28. The number of nitrogens with zero attached hydrogens (tertiary/aromatic N) is 1. The quantitative estimate of drug-likeness (QED) is 0.247. The zero-order chi connectivity index (χ0) is 23.5. The van der Waals surface area contributed by atoms with Gasteiger partial charge in [-0.1, -0.05) is 30.3 Å². The second-order valence-electron chi connectivity index (χ2n) is 8.86. The molecule has 2 heterocycles. The van der Waals surface area contributed by atoms with E-state index in [2.05, 4.69) is 29.8 Å². The molecule has 34 heavy (non-hydrogen) atoms. The molecule has 1 N–H and O–H groups in total. The molecule has 2 aromatic heterocycles. The summed E-state index contributed by atoms with van der Waals surface area (Å²) in [5.41, 5.74) is 6.58. The van der Waals surface area contributed by atoms with Gasteiger partial charge in [-0.05, 0) is 62.4 Å². The number of carbonyl (C=O) groups is 1. The van der Waals surface area contributed by atoms with Crippen molar-refractivity contribution in [1.82, 2.24) is 9.97 Å². The standard InChI is InChI=1S/C29H30N2O3/c1-3-8-22-26(34-18-21-14-13-19-9-5-6-12-24(19)30-21)16-15-25-28(22)23-11-7-10-20(29(23)31-25)17-27(32)33-4-2/h3,5-6,9,12-16,20,31H,1,4,7-8,10-11,17-18H2,2H3. The number of allylic oxidation sites excluding steroid dienone is 1. The fourth-order valence-electron chi connectivity index (χ4n) is 5.16. The van der Waals surface area contributed by atoms with E-state index in [0.29, 0.717) is 26.1 Å². The van der Waals surface area contributed by atoms with Crippen LogP contribution in [0.15, 0.2) is 61.2 Å². The third kappa shape index (κ3) is 4.30. The summed E-state index contributed by atoms with van der Waals surface area (Å²) < 4.78 is 11.5. The van der Waals surface area contributed by atoms with Crippen LogP contribution in [0.1, 0.15) is 54.6 Å². The second kappa shape index (κ2) is 9.72. The van der Waals surface area contributed by atoms with Gasteiger partial charge in [0.25, 0.3) is 0 Å². The Morgan fingerprint density at radius 3 is 2.94 bits per heavy atom. The van der Waals surface area contributed by atoms with E-state index in [9.17, 15) is 4.79 Å². The Morgan fingerprint density at radius 1 is 1.21 bits per heavy atom. The third-order valence-corrected chi connectivity index (χ3v) is 6.65. The maximum Gasteiger partial charge on any atom is 0.306 e. The SMILES string of the molecule is C=CCc1c(OCc2ccc3ccccc3n2)ccc2[nH]c3c(c12)CCCC3CC(=O)OCC. The zero-order valence-corrected chi connectivity index (χ0v) is 19.6. The molecule has 1 aliphatic carbocycles. The van der Waals surface area contributed by atoms with E-state index in [1.165, 1.54) is 16.6 Å². The van der Waals surface area contributed by atoms with Crippen molar-refractivity contribution in [2.45, 2.75) is 51.6 Å². The van der Waals surface area contributed by atoms with Gasteiger partial charge >= 0.3 is 5.97 Å². The van der Waals surface area contributed by atoms with Gasteiger partial charge in [-0.15, -0.1) is 6.58 Å². The molecule has 4 aromatic rings. The van der Waals surface area contributed by atoms with Crippen LogP contribution in [0.25, 0.3) is 21.8 Å². The zero-order valence-electron chi connectivity index (χ0n) is 19.6. The molecule has 1 atom stereocenters. The normalized spacial score (nSPS) is 15.3. The van der Waals surface area contributed by atoms with Crippen LogP contribution in [0.4, 0.5) is 0 Å². The van der Waals surface area contributed by atoms with Gasteiger partial charge in [0.2, 0.25) is 0 Å².